The standard InChI is InChI=1S/C20H23N3O6S/c1-28-10-8-21-15-7-6-14(12-17(15)23(26)27)20(25)29-13-19(24)22-9-2-4-16(22)18-5-3-11-30-18/h3,5-7,11-12,16,21H,2,4,8-10,13H2,1H3. The third-order valence-corrected chi connectivity index (χ3v) is 5.80. The number of ether oxygens (including phenoxy) is 2. The number of carbonyl (C=O) groups excluding carboxylic acids is 2. The number of rotatable bonds is 9. The van der Waals surface area contributed by atoms with Crippen LogP contribution in [0.15, 0.2) is 35.7 Å². The van der Waals surface area contributed by atoms with Crippen LogP contribution in [-0.4, -0.2) is 55.1 Å². The Morgan fingerprint density at radius 3 is 2.90 bits per heavy atom. The highest BCUT2D eigenvalue weighted by atomic mass is 32.1. The molecule has 0 radical (unpaired) electrons. The molecule has 1 fully saturated rings. The SMILES string of the molecule is COCCNc1ccc(C(=O)OCC(=O)N2CCCC2c2cccs2)cc1[N+](=O)[O-]. The zero-order valence-electron chi connectivity index (χ0n) is 16.5. The minimum atomic E-state index is -0.776. The molecular weight excluding hydrogens is 410 g/mol. The van der Waals surface area contributed by atoms with E-state index >= 15 is 0 Å². The fourth-order valence-corrected chi connectivity index (χ4v) is 4.26. The Hall–Kier alpha value is -2.98. The van der Waals surface area contributed by atoms with Crippen LogP contribution in [0.3, 0.4) is 0 Å². The predicted molar refractivity (Wildman–Crippen MR) is 112 cm³/mol. The first kappa shape index (κ1) is 21.7. The lowest BCUT2D eigenvalue weighted by atomic mass is 10.1. The summed E-state index contributed by atoms with van der Waals surface area (Å²) in [4.78, 5) is 38.6. The first-order chi connectivity index (χ1) is 14.5. The molecule has 160 valence electrons. The number of methoxy groups -OCH3 is 1. The van der Waals surface area contributed by atoms with E-state index in [-0.39, 0.29) is 28.9 Å². The number of anilines is 1. The molecule has 10 heteroatoms. The van der Waals surface area contributed by atoms with Gasteiger partial charge in [0.1, 0.15) is 5.69 Å². The van der Waals surface area contributed by atoms with Crippen molar-refractivity contribution in [2.24, 2.45) is 0 Å². The number of esters is 1. The highest BCUT2D eigenvalue weighted by Crippen LogP contribution is 2.34. The molecule has 1 unspecified atom stereocenters. The van der Waals surface area contributed by atoms with Crippen LogP contribution >= 0.6 is 11.3 Å². The smallest absolute Gasteiger partial charge is 0.338 e. The van der Waals surface area contributed by atoms with Gasteiger partial charge in [0.05, 0.1) is 23.1 Å². The van der Waals surface area contributed by atoms with Gasteiger partial charge >= 0.3 is 5.97 Å². The van der Waals surface area contributed by atoms with Crippen LogP contribution in [0.1, 0.15) is 34.1 Å². The molecular formula is C20H23N3O6S. The number of amides is 1. The normalized spacial score (nSPS) is 15.8. The largest absolute Gasteiger partial charge is 0.452 e. The third-order valence-electron chi connectivity index (χ3n) is 4.82. The summed E-state index contributed by atoms with van der Waals surface area (Å²) in [6, 6.07) is 7.97. The highest BCUT2D eigenvalue weighted by molar-refractivity contribution is 7.10. The maximum atomic E-state index is 12.6. The van der Waals surface area contributed by atoms with Gasteiger partial charge in [0, 0.05) is 31.1 Å². The number of nitrogens with one attached hydrogen (secondary N) is 1. The van der Waals surface area contributed by atoms with Gasteiger partial charge in [-0.1, -0.05) is 6.07 Å². The van der Waals surface area contributed by atoms with Crippen molar-refractivity contribution in [3.05, 3.63) is 56.3 Å². The number of nitro benzene ring substituents is 1. The lowest BCUT2D eigenvalue weighted by molar-refractivity contribution is -0.384. The van der Waals surface area contributed by atoms with E-state index < -0.39 is 17.5 Å². The van der Waals surface area contributed by atoms with Crippen molar-refractivity contribution in [3.63, 3.8) is 0 Å². The minimum absolute atomic E-state index is 0.00903. The molecule has 30 heavy (non-hydrogen) atoms. The number of benzene rings is 1. The Labute approximate surface area is 177 Å². The fourth-order valence-electron chi connectivity index (χ4n) is 3.38. The second-order valence-electron chi connectivity index (χ2n) is 6.75. The zero-order valence-corrected chi connectivity index (χ0v) is 17.4. The van der Waals surface area contributed by atoms with Crippen molar-refractivity contribution in [2.45, 2.75) is 18.9 Å². The van der Waals surface area contributed by atoms with Crippen LogP contribution in [0, 0.1) is 10.1 Å². The predicted octanol–water partition coefficient (Wildman–Crippen LogP) is 3.24. The van der Waals surface area contributed by atoms with Gasteiger partial charge in [-0.3, -0.25) is 14.9 Å². The van der Waals surface area contributed by atoms with Crippen molar-refractivity contribution in [2.75, 3.05) is 38.7 Å². The molecule has 1 aromatic heterocycles. The zero-order chi connectivity index (χ0) is 21.5. The van der Waals surface area contributed by atoms with Crippen LogP contribution in [-0.2, 0) is 14.3 Å². The number of nitrogens with zero attached hydrogens (tertiary/aromatic N) is 2. The fraction of sp³-hybridized carbons (Fsp3) is 0.400. The molecule has 9 nitrogen and oxygen atoms in total. The van der Waals surface area contributed by atoms with Gasteiger partial charge in [-0.2, -0.15) is 0 Å². The van der Waals surface area contributed by atoms with Crippen molar-refractivity contribution >= 4 is 34.6 Å². The van der Waals surface area contributed by atoms with Crippen LogP contribution in [0.25, 0.3) is 0 Å². The number of likely N-dealkylation sites (tertiary alicyclic amines) is 1. The Kier molecular flexibility index (Phi) is 7.36. The van der Waals surface area contributed by atoms with Gasteiger partial charge in [-0.15, -0.1) is 11.3 Å². The van der Waals surface area contributed by atoms with Gasteiger partial charge in [0.25, 0.3) is 11.6 Å². The minimum Gasteiger partial charge on any atom is -0.452 e. The van der Waals surface area contributed by atoms with Gasteiger partial charge in [0.2, 0.25) is 0 Å². The topological polar surface area (TPSA) is 111 Å². The highest BCUT2D eigenvalue weighted by Gasteiger charge is 2.31. The molecule has 2 aromatic rings. The number of nitro groups is 1. The molecule has 1 aromatic carbocycles. The summed E-state index contributed by atoms with van der Waals surface area (Å²) in [7, 11) is 1.53. The summed E-state index contributed by atoms with van der Waals surface area (Å²) in [5.74, 6) is -1.05. The first-order valence-electron chi connectivity index (χ1n) is 9.52. The summed E-state index contributed by atoms with van der Waals surface area (Å²) in [6.07, 6.45) is 1.77. The average molecular weight is 433 g/mol. The Morgan fingerprint density at radius 2 is 2.20 bits per heavy atom. The second kappa shape index (κ2) is 10.2. The van der Waals surface area contributed by atoms with E-state index in [2.05, 4.69) is 5.32 Å². The number of carbonyl (C=O) groups is 2. The van der Waals surface area contributed by atoms with E-state index in [4.69, 9.17) is 9.47 Å². The Bertz CT molecular complexity index is 902. The maximum absolute atomic E-state index is 12.6. The van der Waals surface area contributed by atoms with Crippen LogP contribution < -0.4 is 5.32 Å². The molecule has 1 saturated heterocycles. The van der Waals surface area contributed by atoms with E-state index in [1.807, 2.05) is 17.5 Å². The number of thiophene rings is 1. The summed E-state index contributed by atoms with van der Waals surface area (Å²) in [5, 5.41) is 16.2. The van der Waals surface area contributed by atoms with Crippen molar-refractivity contribution in [1.82, 2.24) is 4.90 Å². The summed E-state index contributed by atoms with van der Waals surface area (Å²) >= 11 is 1.60. The summed E-state index contributed by atoms with van der Waals surface area (Å²) in [5.41, 5.74) is 0.0488. The van der Waals surface area contributed by atoms with E-state index in [1.54, 1.807) is 16.2 Å². The van der Waals surface area contributed by atoms with E-state index in [0.717, 1.165) is 23.8 Å². The van der Waals surface area contributed by atoms with Gasteiger partial charge < -0.3 is 19.7 Å². The van der Waals surface area contributed by atoms with E-state index in [1.165, 1.54) is 19.2 Å². The molecule has 0 spiro atoms. The molecule has 2 heterocycles. The lowest BCUT2D eigenvalue weighted by Crippen LogP contribution is -2.34. The molecule has 3 rings (SSSR count). The molecule has 1 aliphatic rings. The number of hydrogen-bond donors (Lipinski definition) is 1. The Morgan fingerprint density at radius 1 is 1.37 bits per heavy atom. The van der Waals surface area contributed by atoms with Gasteiger partial charge in [-0.05, 0) is 36.4 Å². The second-order valence-corrected chi connectivity index (χ2v) is 7.72. The summed E-state index contributed by atoms with van der Waals surface area (Å²) < 4.78 is 10.1. The maximum Gasteiger partial charge on any atom is 0.338 e. The molecule has 1 aliphatic heterocycles. The van der Waals surface area contributed by atoms with Crippen molar-refractivity contribution < 1.29 is 24.0 Å². The Balaban J connectivity index is 1.62. The molecule has 1 N–H and O–H groups in total. The van der Waals surface area contributed by atoms with Crippen molar-refractivity contribution in [3.8, 4) is 0 Å². The van der Waals surface area contributed by atoms with Crippen molar-refractivity contribution in [1.29, 1.82) is 0 Å². The van der Waals surface area contributed by atoms with E-state index in [9.17, 15) is 19.7 Å². The molecule has 1 amide bonds. The quantitative estimate of drug-likeness (QED) is 0.280. The molecule has 0 bridgehead atoms. The summed E-state index contributed by atoms with van der Waals surface area (Å²) in [6.45, 7) is 0.984. The van der Waals surface area contributed by atoms with Gasteiger partial charge in [0.15, 0.2) is 6.61 Å². The van der Waals surface area contributed by atoms with Gasteiger partial charge in [-0.25, -0.2) is 4.79 Å². The van der Waals surface area contributed by atoms with Crippen LogP contribution in [0.4, 0.5) is 11.4 Å². The van der Waals surface area contributed by atoms with Crippen LogP contribution in [0.5, 0.6) is 0 Å². The molecule has 1 atom stereocenters. The number of hydrogen-bond acceptors (Lipinski definition) is 8. The average Bonchev–Trinajstić information content (AvgIpc) is 3.43. The first-order valence-corrected chi connectivity index (χ1v) is 10.4. The monoisotopic (exact) mass is 433 g/mol. The third kappa shape index (κ3) is 5.14. The van der Waals surface area contributed by atoms with Crippen LogP contribution in [0.2, 0.25) is 0 Å². The molecule has 0 aliphatic carbocycles. The van der Waals surface area contributed by atoms with E-state index in [0.29, 0.717) is 19.7 Å². The lowest BCUT2D eigenvalue weighted by Gasteiger charge is -2.23. The molecule has 0 saturated carbocycles.